The number of rotatable bonds is 4. The molecule has 3 rings (SSSR count). The Kier molecular flexibility index (Phi) is 5.84. The molecule has 1 aromatic carbocycles. The first-order valence-corrected chi connectivity index (χ1v) is 9.43. The van der Waals surface area contributed by atoms with Crippen LogP contribution in [0.25, 0.3) is 0 Å². The number of para-hydroxylation sites is 1. The zero-order chi connectivity index (χ0) is 19.3. The molecule has 6 heteroatoms. The number of alkyl carbamates (subject to hydrolysis) is 1. The summed E-state index contributed by atoms with van der Waals surface area (Å²) >= 11 is 0. The van der Waals surface area contributed by atoms with Crippen LogP contribution in [0.15, 0.2) is 48.5 Å². The lowest BCUT2D eigenvalue weighted by Crippen LogP contribution is -2.46. The van der Waals surface area contributed by atoms with E-state index in [1.165, 1.54) is 0 Å². The Morgan fingerprint density at radius 2 is 1.78 bits per heavy atom. The maximum Gasteiger partial charge on any atom is 0.407 e. The smallest absolute Gasteiger partial charge is 0.407 e. The van der Waals surface area contributed by atoms with Gasteiger partial charge in [-0.3, -0.25) is 0 Å². The number of benzene rings is 1. The highest BCUT2D eigenvalue weighted by Gasteiger charge is 2.24. The fourth-order valence-corrected chi connectivity index (χ4v) is 3.07. The fourth-order valence-electron chi connectivity index (χ4n) is 3.07. The van der Waals surface area contributed by atoms with Crippen LogP contribution in [0.4, 0.5) is 22.1 Å². The van der Waals surface area contributed by atoms with Crippen LogP contribution >= 0.6 is 0 Å². The summed E-state index contributed by atoms with van der Waals surface area (Å²) in [6.07, 6.45) is 1.40. The second kappa shape index (κ2) is 8.29. The van der Waals surface area contributed by atoms with Crippen molar-refractivity contribution in [2.45, 2.75) is 45.3 Å². The summed E-state index contributed by atoms with van der Waals surface area (Å²) in [5.41, 5.74) is 0.545. The van der Waals surface area contributed by atoms with Crippen LogP contribution in [-0.4, -0.2) is 35.8 Å². The Bertz CT molecular complexity index is 750. The number of piperidine rings is 1. The van der Waals surface area contributed by atoms with Crippen LogP contribution in [0.3, 0.4) is 0 Å². The molecule has 144 valence electrons. The maximum atomic E-state index is 11.9. The highest BCUT2D eigenvalue weighted by Crippen LogP contribution is 2.22. The lowest BCUT2D eigenvalue weighted by molar-refractivity contribution is 0.0497. The third-order valence-electron chi connectivity index (χ3n) is 4.32. The molecular weight excluding hydrogens is 340 g/mol. The van der Waals surface area contributed by atoms with E-state index in [0.717, 1.165) is 43.3 Å². The van der Waals surface area contributed by atoms with Crippen molar-refractivity contribution >= 4 is 23.4 Å². The number of anilines is 3. The van der Waals surface area contributed by atoms with Gasteiger partial charge in [0, 0.05) is 24.8 Å². The summed E-state index contributed by atoms with van der Waals surface area (Å²) in [6, 6.07) is 16.2. The van der Waals surface area contributed by atoms with E-state index in [9.17, 15) is 4.79 Å². The maximum absolute atomic E-state index is 11.9. The average molecular weight is 368 g/mol. The minimum Gasteiger partial charge on any atom is -0.444 e. The first-order valence-electron chi connectivity index (χ1n) is 9.43. The number of amides is 1. The van der Waals surface area contributed by atoms with Crippen LogP contribution in [0.5, 0.6) is 0 Å². The Balaban J connectivity index is 1.54. The Labute approximate surface area is 160 Å². The number of carbonyl (C=O) groups excluding carboxylic acids is 1. The minimum atomic E-state index is -0.471. The van der Waals surface area contributed by atoms with Gasteiger partial charge >= 0.3 is 6.09 Å². The molecule has 1 aliphatic rings. The van der Waals surface area contributed by atoms with Crippen molar-refractivity contribution in [3.8, 4) is 0 Å². The quantitative estimate of drug-likeness (QED) is 0.841. The number of nitrogens with zero attached hydrogens (tertiary/aromatic N) is 2. The van der Waals surface area contributed by atoms with Crippen molar-refractivity contribution in [3.63, 3.8) is 0 Å². The average Bonchev–Trinajstić information content (AvgIpc) is 2.62. The van der Waals surface area contributed by atoms with Crippen LogP contribution in [0.1, 0.15) is 33.6 Å². The number of nitrogens with one attached hydrogen (secondary N) is 2. The number of aromatic nitrogens is 1. The highest BCUT2D eigenvalue weighted by atomic mass is 16.6. The first kappa shape index (κ1) is 19.0. The second-order valence-electron chi connectivity index (χ2n) is 7.78. The zero-order valence-corrected chi connectivity index (χ0v) is 16.2. The van der Waals surface area contributed by atoms with Crippen LogP contribution in [0, 0.1) is 0 Å². The molecule has 0 radical (unpaired) electrons. The van der Waals surface area contributed by atoms with Gasteiger partial charge in [-0.25, -0.2) is 9.78 Å². The van der Waals surface area contributed by atoms with Crippen molar-refractivity contribution in [2.24, 2.45) is 0 Å². The van der Waals surface area contributed by atoms with E-state index in [1.807, 2.05) is 69.3 Å². The van der Waals surface area contributed by atoms with Gasteiger partial charge < -0.3 is 20.3 Å². The molecule has 2 N–H and O–H groups in total. The van der Waals surface area contributed by atoms with E-state index >= 15 is 0 Å². The third kappa shape index (κ3) is 5.88. The van der Waals surface area contributed by atoms with E-state index in [-0.39, 0.29) is 12.1 Å². The van der Waals surface area contributed by atoms with Crippen molar-refractivity contribution in [2.75, 3.05) is 23.3 Å². The SMILES string of the molecule is CC(C)(C)OC(=O)NC1CCN(c2cccc(Nc3ccccc3)n2)CC1. The normalized spacial score (nSPS) is 15.3. The predicted molar refractivity (Wildman–Crippen MR) is 109 cm³/mol. The van der Waals surface area contributed by atoms with Gasteiger partial charge in [-0.2, -0.15) is 0 Å². The summed E-state index contributed by atoms with van der Waals surface area (Å²) in [5, 5.41) is 6.30. The Morgan fingerprint density at radius 3 is 2.44 bits per heavy atom. The largest absolute Gasteiger partial charge is 0.444 e. The fraction of sp³-hybridized carbons (Fsp3) is 0.429. The summed E-state index contributed by atoms with van der Waals surface area (Å²) in [4.78, 5) is 18.9. The third-order valence-corrected chi connectivity index (χ3v) is 4.32. The van der Waals surface area contributed by atoms with E-state index in [2.05, 4.69) is 15.5 Å². The summed E-state index contributed by atoms with van der Waals surface area (Å²) < 4.78 is 5.34. The van der Waals surface area contributed by atoms with Gasteiger partial charge in [0.1, 0.15) is 17.2 Å². The van der Waals surface area contributed by atoms with Gasteiger partial charge in [0.25, 0.3) is 0 Å². The highest BCUT2D eigenvalue weighted by molar-refractivity contribution is 5.68. The molecule has 0 bridgehead atoms. The van der Waals surface area contributed by atoms with Gasteiger partial charge in [0.2, 0.25) is 0 Å². The van der Waals surface area contributed by atoms with Crippen molar-refractivity contribution in [1.29, 1.82) is 0 Å². The molecule has 27 heavy (non-hydrogen) atoms. The molecule has 0 aliphatic carbocycles. The predicted octanol–water partition coefficient (Wildman–Crippen LogP) is 4.32. The van der Waals surface area contributed by atoms with Crippen molar-refractivity contribution in [1.82, 2.24) is 10.3 Å². The molecule has 1 aromatic heterocycles. The molecule has 2 aromatic rings. The molecule has 0 unspecified atom stereocenters. The van der Waals surface area contributed by atoms with Crippen LogP contribution in [-0.2, 0) is 4.74 Å². The summed E-state index contributed by atoms with van der Waals surface area (Å²) in [7, 11) is 0. The van der Waals surface area contributed by atoms with Crippen LogP contribution < -0.4 is 15.5 Å². The Morgan fingerprint density at radius 1 is 1.07 bits per heavy atom. The molecular formula is C21H28N4O2. The minimum absolute atomic E-state index is 0.140. The standard InChI is InChI=1S/C21H28N4O2/c1-21(2,3)27-20(26)23-17-12-14-25(15-13-17)19-11-7-10-18(24-19)22-16-8-5-4-6-9-16/h4-11,17H,12-15H2,1-3H3,(H,22,24)(H,23,26). The molecule has 1 fully saturated rings. The van der Waals surface area contributed by atoms with Crippen LogP contribution in [0.2, 0.25) is 0 Å². The first-order chi connectivity index (χ1) is 12.9. The molecule has 0 saturated carbocycles. The van der Waals surface area contributed by atoms with Gasteiger partial charge in [-0.1, -0.05) is 24.3 Å². The van der Waals surface area contributed by atoms with E-state index in [0.29, 0.717) is 0 Å². The van der Waals surface area contributed by atoms with E-state index < -0.39 is 5.60 Å². The number of hydrogen-bond donors (Lipinski definition) is 2. The van der Waals surface area contributed by atoms with Gasteiger partial charge in [0.05, 0.1) is 0 Å². The topological polar surface area (TPSA) is 66.5 Å². The lowest BCUT2D eigenvalue weighted by atomic mass is 10.1. The molecule has 0 atom stereocenters. The van der Waals surface area contributed by atoms with Gasteiger partial charge in [-0.05, 0) is 57.9 Å². The number of carbonyl (C=O) groups is 1. The van der Waals surface area contributed by atoms with E-state index in [4.69, 9.17) is 9.72 Å². The molecule has 1 saturated heterocycles. The Hall–Kier alpha value is -2.76. The second-order valence-corrected chi connectivity index (χ2v) is 7.78. The lowest BCUT2D eigenvalue weighted by Gasteiger charge is -2.33. The molecule has 0 spiro atoms. The molecule has 1 aliphatic heterocycles. The summed E-state index contributed by atoms with van der Waals surface area (Å²) in [6.45, 7) is 7.32. The number of pyridine rings is 1. The summed E-state index contributed by atoms with van der Waals surface area (Å²) in [5.74, 6) is 1.78. The monoisotopic (exact) mass is 368 g/mol. The molecule has 1 amide bonds. The van der Waals surface area contributed by atoms with Gasteiger partial charge in [0.15, 0.2) is 0 Å². The van der Waals surface area contributed by atoms with Crippen molar-refractivity contribution in [3.05, 3.63) is 48.5 Å². The molecule has 2 heterocycles. The molecule has 6 nitrogen and oxygen atoms in total. The van der Waals surface area contributed by atoms with Crippen molar-refractivity contribution < 1.29 is 9.53 Å². The zero-order valence-electron chi connectivity index (χ0n) is 16.2. The van der Waals surface area contributed by atoms with Gasteiger partial charge in [-0.15, -0.1) is 0 Å². The number of ether oxygens (including phenoxy) is 1. The number of hydrogen-bond acceptors (Lipinski definition) is 5. The van der Waals surface area contributed by atoms with E-state index in [1.54, 1.807) is 0 Å².